The average Bonchev–Trinajstić information content (AvgIpc) is 3.04. The number of nitrogens with zero attached hydrogens (tertiary/aromatic N) is 1. The number of nitrogens with one attached hydrogen (secondary N) is 2. The Morgan fingerprint density at radius 3 is 3.06 bits per heavy atom. The highest BCUT2D eigenvalue weighted by Gasteiger charge is 2.19. The smallest absolute Gasteiger partial charge is 0.107 e. The van der Waals surface area contributed by atoms with E-state index in [4.69, 9.17) is 0 Å². The van der Waals surface area contributed by atoms with Crippen LogP contribution in [-0.4, -0.2) is 17.0 Å². The van der Waals surface area contributed by atoms with Crippen LogP contribution in [0.25, 0.3) is 0 Å². The third-order valence-corrected chi connectivity index (χ3v) is 5.01. The number of hydrogen-bond donors (Lipinski definition) is 2. The lowest BCUT2D eigenvalue weighted by molar-refractivity contribution is 0.587. The zero-order chi connectivity index (χ0) is 12.4. The number of rotatable bonds is 4. The van der Waals surface area contributed by atoms with Gasteiger partial charge in [0.15, 0.2) is 0 Å². The van der Waals surface area contributed by atoms with Crippen LogP contribution in [0.1, 0.15) is 40.0 Å². The van der Waals surface area contributed by atoms with Gasteiger partial charge in [-0.25, -0.2) is 4.98 Å². The van der Waals surface area contributed by atoms with Gasteiger partial charge in [-0.2, -0.15) is 0 Å². The molecular formula is C14H19N3S. The minimum Gasteiger partial charge on any atom is -0.349 e. The number of aryl methyl sites for hydroxylation is 2. The molecule has 0 aliphatic heterocycles. The van der Waals surface area contributed by atoms with E-state index in [9.17, 15) is 0 Å². The summed E-state index contributed by atoms with van der Waals surface area (Å²) < 4.78 is 0. The van der Waals surface area contributed by atoms with Crippen LogP contribution < -0.4 is 5.32 Å². The van der Waals surface area contributed by atoms with Crippen LogP contribution in [-0.2, 0) is 19.3 Å². The molecule has 2 aromatic rings. The van der Waals surface area contributed by atoms with E-state index >= 15 is 0 Å². The van der Waals surface area contributed by atoms with Crippen molar-refractivity contribution in [1.29, 1.82) is 0 Å². The highest BCUT2D eigenvalue weighted by molar-refractivity contribution is 7.12. The summed E-state index contributed by atoms with van der Waals surface area (Å²) in [7, 11) is 2.03. The van der Waals surface area contributed by atoms with E-state index in [-0.39, 0.29) is 0 Å². The van der Waals surface area contributed by atoms with E-state index in [0.717, 1.165) is 12.2 Å². The molecule has 1 atom stereocenters. The molecule has 1 aliphatic carbocycles. The van der Waals surface area contributed by atoms with Crippen LogP contribution in [0.15, 0.2) is 18.5 Å². The lowest BCUT2D eigenvalue weighted by Gasteiger charge is -2.12. The number of aromatic amines is 1. The van der Waals surface area contributed by atoms with Crippen LogP contribution in [0.2, 0.25) is 0 Å². The fraction of sp³-hybridized carbons (Fsp3) is 0.500. The topological polar surface area (TPSA) is 40.7 Å². The molecule has 1 aliphatic rings. The van der Waals surface area contributed by atoms with E-state index < -0.39 is 0 Å². The van der Waals surface area contributed by atoms with Crippen molar-refractivity contribution in [2.24, 2.45) is 0 Å². The van der Waals surface area contributed by atoms with Crippen LogP contribution in [0.3, 0.4) is 0 Å². The SMILES string of the molecule is CNC(Cc1ncc[nH]1)c1cc2c(s1)CCCC2. The first kappa shape index (κ1) is 11.9. The van der Waals surface area contributed by atoms with E-state index in [2.05, 4.69) is 21.4 Å². The summed E-state index contributed by atoms with van der Waals surface area (Å²) >= 11 is 1.99. The second-order valence-electron chi connectivity index (χ2n) is 4.89. The van der Waals surface area contributed by atoms with Crippen molar-refractivity contribution in [3.05, 3.63) is 39.6 Å². The van der Waals surface area contributed by atoms with Crippen molar-refractivity contribution in [3.8, 4) is 0 Å². The fourth-order valence-electron chi connectivity index (χ4n) is 2.63. The van der Waals surface area contributed by atoms with Gasteiger partial charge < -0.3 is 10.3 Å². The number of H-pyrrole nitrogens is 1. The molecule has 0 amide bonds. The molecule has 0 saturated heterocycles. The van der Waals surface area contributed by atoms with Gasteiger partial charge >= 0.3 is 0 Å². The molecule has 3 rings (SSSR count). The molecule has 0 bridgehead atoms. The number of likely N-dealkylation sites (N-methyl/N-ethyl adjacent to an activating group) is 1. The molecule has 2 N–H and O–H groups in total. The van der Waals surface area contributed by atoms with Crippen molar-refractivity contribution < 1.29 is 0 Å². The van der Waals surface area contributed by atoms with Crippen LogP contribution in [0, 0.1) is 0 Å². The number of aromatic nitrogens is 2. The van der Waals surface area contributed by atoms with Crippen molar-refractivity contribution in [3.63, 3.8) is 0 Å². The molecule has 0 spiro atoms. The molecule has 2 heterocycles. The molecule has 18 heavy (non-hydrogen) atoms. The first-order valence-electron chi connectivity index (χ1n) is 6.64. The van der Waals surface area contributed by atoms with Gasteiger partial charge in [-0.05, 0) is 44.4 Å². The molecule has 0 radical (unpaired) electrons. The predicted octanol–water partition coefficient (Wildman–Crippen LogP) is 2.85. The summed E-state index contributed by atoms with van der Waals surface area (Å²) in [5, 5.41) is 3.42. The lowest BCUT2D eigenvalue weighted by Crippen LogP contribution is -2.18. The molecule has 4 heteroatoms. The third-order valence-electron chi connectivity index (χ3n) is 3.66. The highest BCUT2D eigenvalue weighted by Crippen LogP contribution is 2.33. The van der Waals surface area contributed by atoms with Gasteiger partial charge in [-0.3, -0.25) is 0 Å². The van der Waals surface area contributed by atoms with Crippen LogP contribution >= 0.6 is 11.3 Å². The maximum absolute atomic E-state index is 4.32. The van der Waals surface area contributed by atoms with Gasteiger partial charge in [0, 0.05) is 34.6 Å². The number of thiophene rings is 1. The van der Waals surface area contributed by atoms with E-state index in [0.29, 0.717) is 6.04 Å². The maximum atomic E-state index is 4.32. The standard InChI is InChI=1S/C14H19N3S/c1-15-11(9-14-16-6-7-17-14)13-8-10-4-2-3-5-12(10)18-13/h6-8,11,15H,2-5,9H2,1H3,(H,16,17). The number of fused-ring (bicyclic) bond motifs is 1. The molecule has 1 unspecified atom stereocenters. The van der Waals surface area contributed by atoms with Crippen molar-refractivity contribution in [1.82, 2.24) is 15.3 Å². The number of hydrogen-bond acceptors (Lipinski definition) is 3. The fourth-order valence-corrected chi connectivity index (χ4v) is 4.00. The Labute approximate surface area is 112 Å². The summed E-state index contributed by atoms with van der Waals surface area (Å²) in [5.41, 5.74) is 1.58. The second-order valence-corrected chi connectivity index (χ2v) is 6.05. The average molecular weight is 261 g/mol. The predicted molar refractivity (Wildman–Crippen MR) is 75.1 cm³/mol. The summed E-state index contributed by atoms with van der Waals surface area (Å²) in [6, 6.07) is 2.79. The Balaban J connectivity index is 1.80. The van der Waals surface area contributed by atoms with Crippen molar-refractivity contribution in [2.45, 2.75) is 38.1 Å². The van der Waals surface area contributed by atoms with Crippen LogP contribution in [0.4, 0.5) is 0 Å². The van der Waals surface area contributed by atoms with Crippen molar-refractivity contribution in [2.75, 3.05) is 7.05 Å². The van der Waals surface area contributed by atoms with Gasteiger partial charge in [0.1, 0.15) is 5.82 Å². The van der Waals surface area contributed by atoms with Gasteiger partial charge in [0.05, 0.1) is 0 Å². The minimum absolute atomic E-state index is 0.381. The zero-order valence-electron chi connectivity index (χ0n) is 10.7. The molecule has 0 saturated carbocycles. The summed E-state index contributed by atoms with van der Waals surface area (Å²) in [5.74, 6) is 1.06. The first-order valence-corrected chi connectivity index (χ1v) is 7.45. The Morgan fingerprint density at radius 1 is 1.44 bits per heavy atom. The Bertz CT molecular complexity index is 478. The minimum atomic E-state index is 0.381. The normalized spacial score (nSPS) is 16.5. The van der Waals surface area contributed by atoms with Gasteiger partial charge in [-0.1, -0.05) is 0 Å². The largest absolute Gasteiger partial charge is 0.349 e. The third kappa shape index (κ3) is 2.35. The highest BCUT2D eigenvalue weighted by atomic mass is 32.1. The molecule has 2 aromatic heterocycles. The Kier molecular flexibility index (Phi) is 3.48. The quantitative estimate of drug-likeness (QED) is 0.888. The molecule has 96 valence electrons. The first-order chi connectivity index (χ1) is 8.86. The maximum Gasteiger partial charge on any atom is 0.107 e. The van der Waals surface area contributed by atoms with Gasteiger partial charge in [0.2, 0.25) is 0 Å². The van der Waals surface area contributed by atoms with Crippen molar-refractivity contribution >= 4 is 11.3 Å². The van der Waals surface area contributed by atoms with E-state index in [1.807, 2.05) is 30.8 Å². The summed E-state index contributed by atoms with van der Waals surface area (Å²) in [6.07, 6.45) is 9.90. The molecule has 0 aromatic carbocycles. The molecule has 3 nitrogen and oxygen atoms in total. The van der Waals surface area contributed by atoms with Gasteiger partial charge in [0.25, 0.3) is 0 Å². The van der Waals surface area contributed by atoms with E-state index in [1.165, 1.54) is 30.6 Å². The summed E-state index contributed by atoms with van der Waals surface area (Å²) in [4.78, 5) is 10.6. The Morgan fingerprint density at radius 2 is 2.33 bits per heavy atom. The Hall–Kier alpha value is -1.13. The van der Waals surface area contributed by atoms with Gasteiger partial charge in [-0.15, -0.1) is 11.3 Å². The molecular weight excluding hydrogens is 242 g/mol. The van der Waals surface area contributed by atoms with E-state index in [1.54, 1.807) is 10.4 Å². The lowest BCUT2D eigenvalue weighted by atomic mass is 9.98. The zero-order valence-corrected chi connectivity index (χ0v) is 11.5. The second kappa shape index (κ2) is 5.24. The summed E-state index contributed by atoms with van der Waals surface area (Å²) in [6.45, 7) is 0. The van der Waals surface area contributed by atoms with Crippen LogP contribution in [0.5, 0.6) is 0 Å². The number of imidazole rings is 1. The molecule has 0 fully saturated rings. The monoisotopic (exact) mass is 261 g/mol.